The van der Waals surface area contributed by atoms with Crippen molar-refractivity contribution in [3.63, 3.8) is 0 Å². The Hall–Kier alpha value is -1.59. The number of hydrogen-bond donors (Lipinski definition) is 0. The molecule has 0 amide bonds. The summed E-state index contributed by atoms with van der Waals surface area (Å²) >= 11 is 0. The van der Waals surface area contributed by atoms with Crippen molar-refractivity contribution in [3.05, 3.63) is 35.1 Å². The quantitative estimate of drug-likeness (QED) is 0.603. The first kappa shape index (κ1) is 15.8. The molecule has 2 nitrogen and oxygen atoms in total. The Bertz CT molecular complexity index is 505. The molecule has 2 rings (SSSR count). The third-order valence-corrected chi connectivity index (χ3v) is 3.68. The molecule has 21 heavy (non-hydrogen) atoms. The monoisotopic (exact) mass is 304 g/mol. The van der Waals surface area contributed by atoms with Gasteiger partial charge in [-0.3, -0.25) is 0 Å². The van der Waals surface area contributed by atoms with Crippen LogP contribution in [0.1, 0.15) is 48.0 Å². The molecule has 0 heterocycles. The lowest BCUT2D eigenvalue weighted by Gasteiger charge is -2.21. The molecule has 1 saturated carbocycles. The second kappa shape index (κ2) is 6.45. The third kappa shape index (κ3) is 4.19. The fraction of sp³-hybridized carbons (Fsp3) is 0.533. The second-order valence-corrected chi connectivity index (χ2v) is 5.29. The molecule has 116 valence electrons. The zero-order valence-electron chi connectivity index (χ0n) is 11.4. The van der Waals surface area contributed by atoms with Crippen molar-refractivity contribution in [3.8, 4) is 0 Å². The number of carbonyl (C=O) groups is 1. The Morgan fingerprint density at radius 2 is 1.86 bits per heavy atom. The molecule has 1 aromatic rings. The third-order valence-electron chi connectivity index (χ3n) is 3.68. The van der Waals surface area contributed by atoms with Crippen LogP contribution in [0.2, 0.25) is 0 Å². The highest BCUT2D eigenvalue weighted by Gasteiger charge is 2.36. The maximum Gasteiger partial charge on any atom is 0.417 e. The minimum absolute atomic E-state index is 0.119. The maximum atomic E-state index is 13.0. The lowest BCUT2D eigenvalue weighted by atomic mass is 9.90. The largest absolute Gasteiger partial charge is 0.462 e. The molecule has 1 fully saturated rings. The summed E-state index contributed by atoms with van der Waals surface area (Å²) in [6, 6.07) is 1.96. The van der Waals surface area contributed by atoms with Crippen molar-refractivity contribution in [1.82, 2.24) is 0 Å². The summed E-state index contributed by atoms with van der Waals surface area (Å²) in [5, 5.41) is 0. The summed E-state index contributed by atoms with van der Waals surface area (Å²) in [6.45, 7) is 0.119. The predicted octanol–water partition coefficient (Wildman–Crippen LogP) is 4.58. The maximum absolute atomic E-state index is 13.0. The van der Waals surface area contributed by atoms with Gasteiger partial charge in [0.25, 0.3) is 0 Å². The van der Waals surface area contributed by atoms with Gasteiger partial charge in [0.2, 0.25) is 0 Å². The van der Waals surface area contributed by atoms with Crippen LogP contribution in [0.5, 0.6) is 0 Å². The predicted molar refractivity (Wildman–Crippen MR) is 68.3 cm³/mol. The van der Waals surface area contributed by atoms with Crippen LogP contribution >= 0.6 is 0 Å². The van der Waals surface area contributed by atoms with E-state index in [1.165, 1.54) is 0 Å². The molecule has 1 aliphatic rings. The molecule has 0 saturated heterocycles. The van der Waals surface area contributed by atoms with Gasteiger partial charge in [0.1, 0.15) is 5.82 Å². The van der Waals surface area contributed by atoms with Crippen LogP contribution in [-0.4, -0.2) is 12.6 Å². The smallest absolute Gasteiger partial charge is 0.417 e. The summed E-state index contributed by atoms with van der Waals surface area (Å²) in [6.07, 6.45) is 0.284. The van der Waals surface area contributed by atoms with E-state index in [0.717, 1.165) is 44.2 Å². The molecule has 0 atom stereocenters. The first-order valence-electron chi connectivity index (χ1n) is 6.92. The van der Waals surface area contributed by atoms with E-state index in [1.54, 1.807) is 0 Å². The van der Waals surface area contributed by atoms with Crippen LogP contribution in [0.4, 0.5) is 17.6 Å². The van der Waals surface area contributed by atoms with Crippen molar-refractivity contribution >= 4 is 5.97 Å². The van der Waals surface area contributed by atoms with Gasteiger partial charge in [-0.25, -0.2) is 9.18 Å². The SMILES string of the molecule is O=C(OCC1CCCCC1)c1ccc(F)cc1C(F)(F)F. The Morgan fingerprint density at radius 1 is 1.19 bits per heavy atom. The number of benzene rings is 1. The van der Waals surface area contributed by atoms with Crippen LogP contribution in [0.3, 0.4) is 0 Å². The molecular weight excluding hydrogens is 288 g/mol. The van der Waals surface area contributed by atoms with Gasteiger partial charge in [-0.15, -0.1) is 0 Å². The van der Waals surface area contributed by atoms with Crippen molar-refractivity contribution in [2.45, 2.75) is 38.3 Å². The first-order valence-corrected chi connectivity index (χ1v) is 6.92. The zero-order chi connectivity index (χ0) is 15.5. The standard InChI is InChI=1S/C15H16F4O2/c16-11-6-7-12(13(8-11)15(17,18)19)14(20)21-9-10-4-2-1-3-5-10/h6-8,10H,1-5,9H2. The van der Waals surface area contributed by atoms with Crippen LogP contribution in [-0.2, 0) is 10.9 Å². The molecule has 0 aliphatic heterocycles. The normalized spacial score (nSPS) is 16.8. The Morgan fingerprint density at radius 3 is 2.48 bits per heavy atom. The molecule has 1 aromatic carbocycles. The molecule has 0 radical (unpaired) electrons. The van der Waals surface area contributed by atoms with Gasteiger partial charge in [-0.05, 0) is 37.0 Å². The Balaban J connectivity index is 2.08. The van der Waals surface area contributed by atoms with Gasteiger partial charge in [0.15, 0.2) is 0 Å². The van der Waals surface area contributed by atoms with Gasteiger partial charge in [-0.1, -0.05) is 19.3 Å². The topological polar surface area (TPSA) is 26.3 Å². The van der Waals surface area contributed by atoms with Crippen molar-refractivity contribution < 1.29 is 27.1 Å². The molecule has 1 aliphatic carbocycles. The van der Waals surface area contributed by atoms with Gasteiger partial charge in [-0.2, -0.15) is 13.2 Å². The fourth-order valence-corrected chi connectivity index (χ4v) is 2.55. The Kier molecular flexibility index (Phi) is 4.85. The first-order chi connectivity index (χ1) is 9.88. The summed E-state index contributed by atoms with van der Waals surface area (Å²) in [4.78, 5) is 11.8. The number of rotatable bonds is 3. The van der Waals surface area contributed by atoms with Gasteiger partial charge < -0.3 is 4.74 Å². The molecule has 0 unspecified atom stereocenters. The summed E-state index contributed by atoms with van der Waals surface area (Å²) in [7, 11) is 0. The number of esters is 1. The zero-order valence-corrected chi connectivity index (χ0v) is 11.4. The highest BCUT2D eigenvalue weighted by Crippen LogP contribution is 2.33. The van der Waals surface area contributed by atoms with E-state index in [0.29, 0.717) is 6.07 Å². The van der Waals surface area contributed by atoms with Crippen LogP contribution in [0.25, 0.3) is 0 Å². The van der Waals surface area contributed by atoms with Crippen molar-refractivity contribution in [2.75, 3.05) is 6.61 Å². The average Bonchev–Trinajstić information content (AvgIpc) is 2.45. The van der Waals surface area contributed by atoms with E-state index < -0.39 is 29.1 Å². The van der Waals surface area contributed by atoms with Crippen LogP contribution < -0.4 is 0 Å². The molecule has 0 spiro atoms. The number of halogens is 4. The Labute approximate surface area is 120 Å². The highest BCUT2D eigenvalue weighted by atomic mass is 19.4. The van der Waals surface area contributed by atoms with Crippen LogP contribution in [0, 0.1) is 11.7 Å². The van der Waals surface area contributed by atoms with Crippen LogP contribution in [0.15, 0.2) is 18.2 Å². The minimum Gasteiger partial charge on any atom is -0.462 e. The highest BCUT2D eigenvalue weighted by molar-refractivity contribution is 5.91. The van der Waals surface area contributed by atoms with Gasteiger partial charge in [0, 0.05) is 0 Å². The summed E-state index contributed by atoms with van der Waals surface area (Å²) < 4.78 is 56.4. The van der Waals surface area contributed by atoms with Gasteiger partial charge in [0.05, 0.1) is 17.7 Å². The molecule has 0 bridgehead atoms. The number of carbonyl (C=O) groups excluding carboxylic acids is 1. The summed E-state index contributed by atoms with van der Waals surface area (Å²) in [5.74, 6) is -1.88. The number of alkyl halides is 3. The molecular formula is C15H16F4O2. The average molecular weight is 304 g/mol. The van der Waals surface area contributed by atoms with Crippen molar-refractivity contribution in [2.24, 2.45) is 5.92 Å². The molecule has 0 N–H and O–H groups in total. The molecule has 0 aromatic heterocycles. The lowest BCUT2D eigenvalue weighted by molar-refractivity contribution is -0.138. The minimum atomic E-state index is -4.79. The van der Waals surface area contributed by atoms with E-state index in [9.17, 15) is 22.4 Å². The van der Waals surface area contributed by atoms with E-state index in [4.69, 9.17) is 4.74 Å². The molecule has 6 heteroatoms. The second-order valence-electron chi connectivity index (χ2n) is 5.29. The summed E-state index contributed by atoms with van der Waals surface area (Å²) in [5.41, 5.74) is -1.93. The van der Waals surface area contributed by atoms with E-state index in [2.05, 4.69) is 0 Å². The van der Waals surface area contributed by atoms with E-state index >= 15 is 0 Å². The number of hydrogen-bond acceptors (Lipinski definition) is 2. The fourth-order valence-electron chi connectivity index (χ4n) is 2.55. The lowest BCUT2D eigenvalue weighted by Crippen LogP contribution is -2.20. The number of ether oxygens (including phenoxy) is 1. The van der Waals surface area contributed by atoms with E-state index in [-0.39, 0.29) is 12.5 Å². The van der Waals surface area contributed by atoms with E-state index in [1.807, 2.05) is 0 Å². The van der Waals surface area contributed by atoms with Crippen molar-refractivity contribution in [1.29, 1.82) is 0 Å². The van der Waals surface area contributed by atoms with Gasteiger partial charge >= 0.3 is 12.1 Å².